The van der Waals surface area contributed by atoms with Crippen LogP contribution in [0.3, 0.4) is 0 Å². The zero-order chi connectivity index (χ0) is 15.2. The molecule has 5 N–H and O–H groups in total. The van der Waals surface area contributed by atoms with Crippen LogP contribution >= 0.6 is 0 Å². The van der Waals surface area contributed by atoms with Crippen LogP contribution in [0.2, 0.25) is 0 Å². The Hall–Kier alpha value is -1.64. The molecule has 0 fully saturated rings. The molecule has 0 heterocycles. The summed E-state index contributed by atoms with van der Waals surface area (Å²) in [5.74, 6) is 0.274. The van der Waals surface area contributed by atoms with E-state index in [9.17, 15) is 8.42 Å². The summed E-state index contributed by atoms with van der Waals surface area (Å²) in [7, 11) is -2.10. The average Bonchev–Trinajstić information content (AvgIpc) is 2.36. The molecule has 0 spiro atoms. The van der Waals surface area contributed by atoms with Crippen LogP contribution in [0.15, 0.2) is 34.2 Å². The summed E-state index contributed by atoms with van der Waals surface area (Å²) in [6, 6.07) is 6.32. The molecule has 0 amide bonds. The zero-order valence-electron chi connectivity index (χ0n) is 11.5. The van der Waals surface area contributed by atoms with Gasteiger partial charge in [0.15, 0.2) is 5.96 Å². The van der Waals surface area contributed by atoms with Gasteiger partial charge >= 0.3 is 0 Å². The monoisotopic (exact) mass is 300 g/mol. The summed E-state index contributed by atoms with van der Waals surface area (Å²) < 4.78 is 27.4. The molecule has 1 unspecified atom stereocenters. The van der Waals surface area contributed by atoms with Crippen molar-refractivity contribution in [3.63, 3.8) is 0 Å². The van der Waals surface area contributed by atoms with E-state index in [1.165, 1.54) is 12.1 Å². The van der Waals surface area contributed by atoms with Crippen LogP contribution in [-0.2, 0) is 21.3 Å². The lowest BCUT2D eigenvalue weighted by atomic mass is 10.2. The molecule has 0 saturated carbocycles. The van der Waals surface area contributed by atoms with Gasteiger partial charge in [0.1, 0.15) is 0 Å². The summed E-state index contributed by atoms with van der Waals surface area (Å²) in [6.45, 7) is 2.69. The molecule has 0 aliphatic rings. The largest absolute Gasteiger partial charge is 0.383 e. The van der Waals surface area contributed by atoms with Crippen molar-refractivity contribution in [2.45, 2.75) is 24.4 Å². The molecule has 8 heteroatoms. The number of aliphatic imine (C=N–C) groups is 1. The molecule has 0 aliphatic carbocycles. The topological polar surface area (TPSA) is 120 Å². The summed E-state index contributed by atoms with van der Waals surface area (Å²) in [5.41, 5.74) is 6.43. The molecule has 1 aromatic rings. The number of primary sulfonamides is 1. The Labute approximate surface area is 119 Å². The van der Waals surface area contributed by atoms with Crippen molar-refractivity contribution in [3.05, 3.63) is 29.8 Å². The van der Waals surface area contributed by atoms with Crippen molar-refractivity contribution in [2.75, 3.05) is 13.7 Å². The van der Waals surface area contributed by atoms with E-state index < -0.39 is 10.0 Å². The van der Waals surface area contributed by atoms with Crippen LogP contribution in [0, 0.1) is 0 Å². The first kappa shape index (κ1) is 16.4. The van der Waals surface area contributed by atoms with Crippen LogP contribution in [0.1, 0.15) is 12.5 Å². The molecule has 20 heavy (non-hydrogen) atoms. The minimum Gasteiger partial charge on any atom is -0.383 e. The third kappa shape index (κ3) is 5.55. The van der Waals surface area contributed by atoms with Crippen molar-refractivity contribution in [3.8, 4) is 0 Å². The lowest BCUT2D eigenvalue weighted by Crippen LogP contribution is -2.40. The molecule has 0 aromatic heterocycles. The number of sulfonamides is 1. The molecule has 1 atom stereocenters. The number of nitrogens with two attached hydrogens (primary N) is 2. The first-order valence-corrected chi connectivity index (χ1v) is 7.54. The smallest absolute Gasteiger partial charge is 0.238 e. The van der Waals surface area contributed by atoms with Crippen LogP contribution in [0.5, 0.6) is 0 Å². The highest BCUT2D eigenvalue weighted by Crippen LogP contribution is 2.10. The van der Waals surface area contributed by atoms with Crippen LogP contribution < -0.4 is 16.2 Å². The normalized spacial score (nSPS) is 14.1. The third-order valence-corrected chi connectivity index (χ3v) is 3.38. The predicted molar refractivity (Wildman–Crippen MR) is 77.6 cm³/mol. The maximum atomic E-state index is 11.2. The van der Waals surface area contributed by atoms with E-state index in [-0.39, 0.29) is 23.4 Å². The number of rotatable bonds is 6. The van der Waals surface area contributed by atoms with Gasteiger partial charge in [-0.3, -0.25) is 0 Å². The van der Waals surface area contributed by atoms with Crippen molar-refractivity contribution < 1.29 is 13.2 Å². The lowest BCUT2D eigenvalue weighted by Gasteiger charge is -2.13. The number of methoxy groups -OCH3 is 1. The Morgan fingerprint density at radius 3 is 2.80 bits per heavy atom. The number of benzene rings is 1. The average molecular weight is 300 g/mol. The fourth-order valence-electron chi connectivity index (χ4n) is 1.59. The molecular weight excluding hydrogens is 280 g/mol. The first-order valence-electron chi connectivity index (χ1n) is 6.00. The van der Waals surface area contributed by atoms with Gasteiger partial charge in [0.25, 0.3) is 0 Å². The fourth-order valence-corrected chi connectivity index (χ4v) is 2.17. The maximum absolute atomic E-state index is 11.2. The first-order chi connectivity index (χ1) is 9.32. The number of nitrogens with zero attached hydrogens (tertiary/aromatic N) is 1. The minimum absolute atomic E-state index is 0.0412. The van der Waals surface area contributed by atoms with E-state index in [0.717, 1.165) is 0 Å². The van der Waals surface area contributed by atoms with E-state index in [0.29, 0.717) is 12.2 Å². The second kappa shape index (κ2) is 7.22. The quantitative estimate of drug-likeness (QED) is 0.495. The Bertz CT molecular complexity index is 572. The highest BCUT2D eigenvalue weighted by atomic mass is 32.2. The number of hydrogen-bond acceptors (Lipinski definition) is 4. The zero-order valence-corrected chi connectivity index (χ0v) is 12.4. The van der Waals surface area contributed by atoms with Gasteiger partial charge < -0.3 is 15.8 Å². The van der Waals surface area contributed by atoms with Gasteiger partial charge in [0.2, 0.25) is 10.0 Å². The Morgan fingerprint density at radius 2 is 2.20 bits per heavy atom. The van der Waals surface area contributed by atoms with E-state index >= 15 is 0 Å². The van der Waals surface area contributed by atoms with Crippen molar-refractivity contribution in [1.29, 1.82) is 0 Å². The van der Waals surface area contributed by atoms with Gasteiger partial charge in [-0.1, -0.05) is 12.1 Å². The Balaban J connectivity index is 2.70. The van der Waals surface area contributed by atoms with E-state index in [1.54, 1.807) is 19.2 Å². The molecule has 0 bridgehead atoms. The highest BCUT2D eigenvalue weighted by Gasteiger charge is 2.07. The SMILES string of the molecule is COCC(C)NC(N)=NCc1cccc(S(N)(=O)=O)c1. The lowest BCUT2D eigenvalue weighted by molar-refractivity contribution is 0.179. The van der Waals surface area contributed by atoms with Crippen LogP contribution in [0.4, 0.5) is 0 Å². The molecule has 112 valence electrons. The van der Waals surface area contributed by atoms with Crippen molar-refractivity contribution in [2.24, 2.45) is 15.9 Å². The summed E-state index contributed by atoms with van der Waals surface area (Å²) in [6.07, 6.45) is 0. The highest BCUT2D eigenvalue weighted by molar-refractivity contribution is 7.89. The molecular formula is C12H20N4O3S. The van der Waals surface area contributed by atoms with E-state index in [2.05, 4.69) is 10.3 Å². The maximum Gasteiger partial charge on any atom is 0.238 e. The standard InChI is InChI=1S/C12H20N4O3S/c1-9(8-19-2)16-12(13)15-7-10-4-3-5-11(6-10)20(14,17)18/h3-6,9H,7-8H2,1-2H3,(H3,13,15,16)(H2,14,17,18). The van der Waals surface area contributed by atoms with Gasteiger partial charge in [0, 0.05) is 13.2 Å². The summed E-state index contributed by atoms with van der Waals surface area (Å²) in [5, 5.41) is 8.02. The summed E-state index contributed by atoms with van der Waals surface area (Å²) >= 11 is 0. The van der Waals surface area contributed by atoms with E-state index in [4.69, 9.17) is 15.6 Å². The second-order valence-electron chi connectivity index (χ2n) is 4.39. The molecule has 1 rings (SSSR count). The summed E-state index contributed by atoms with van der Waals surface area (Å²) in [4.78, 5) is 4.19. The minimum atomic E-state index is -3.70. The van der Waals surface area contributed by atoms with Crippen molar-refractivity contribution in [1.82, 2.24) is 5.32 Å². The molecule has 0 saturated heterocycles. The van der Waals surface area contributed by atoms with Crippen LogP contribution in [-0.4, -0.2) is 34.1 Å². The molecule has 0 aliphatic heterocycles. The predicted octanol–water partition coefficient (Wildman–Crippen LogP) is -0.227. The number of hydrogen-bond donors (Lipinski definition) is 3. The van der Waals surface area contributed by atoms with Gasteiger partial charge in [-0.15, -0.1) is 0 Å². The Kier molecular flexibility index (Phi) is 5.93. The number of nitrogens with one attached hydrogen (secondary N) is 1. The number of guanidine groups is 1. The number of ether oxygens (including phenoxy) is 1. The van der Waals surface area contributed by atoms with Gasteiger partial charge in [-0.2, -0.15) is 0 Å². The Morgan fingerprint density at radius 1 is 1.50 bits per heavy atom. The van der Waals surface area contributed by atoms with Gasteiger partial charge in [-0.05, 0) is 24.6 Å². The molecule has 1 aromatic carbocycles. The van der Waals surface area contributed by atoms with E-state index in [1.807, 2.05) is 6.92 Å². The molecule has 0 radical (unpaired) electrons. The molecule has 7 nitrogen and oxygen atoms in total. The second-order valence-corrected chi connectivity index (χ2v) is 5.96. The van der Waals surface area contributed by atoms with Gasteiger partial charge in [0.05, 0.1) is 18.0 Å². The third-order valence-electron chi connectivity index (χ3n) is 2.47. The van der Waals surface area contributed by atoms with Crippen molar-refractivity contribution >= 4 is 16.0 Å². The fraction of sp³-hybridized carbons (Fsp3) is 0.417. The van der Waals surface area contributed by atoms with Crippen LogP contribution in [0.25, 0.3) is 0 Å². The van der Waals surface area contributed by atoms with Gasteiger partial charge in [-0.25, -0.2) is 18.5 Å².